The number of esters is 1. The van der Waals surface area contributed by atoms with Crippen molar-refractivity contribution in [2.45, 2.75) is 0 Å². The van der Waals surface area contributed by atoms with Crippen molar-refractivity contribution in [3.8, 4) is 11.5 Å². The number of carbonyl (C=O) groups excluding carboxylic acids is 2. The third kappa shape index (κ3) is 6.95. The standard InChI is InChI=1S/C8H8N2O4.C7H7NO3/c9-8(13)6-2-1-5(3-10-6)14-4-7(11)12;1-11-7(10)6-3-2-5(9)4-8-6/h1-3H,4H2,(H2,9,13)(H,11,12);2-4,9H,1H3. The highest BCUT2D eigenvalue weighted by Gasteiger charge is 2.05. The molecule has 0 unspecified atom stereocenters. The lowest BCUT2D eigenvalue weighted by Gasteiger charge is -2.01. The molecule has 0 aliphatic heterocycles. The van der Waals surface area contributed by atoms with Crippen LogP contribution in [0.1, 0.15) is 21.0 Å². The number of carboxylic acid groups (broad SMARTS) is 1. The van der Waals surface area contributed by atoms with Gasteiger partial charge in [0.15, 0.2) is 6.61 Å². The van der Waals surface area contributed by atoms with Crippen LogP contribution in [0.15, 0.2) is 36.7 Å². The van der Waals surface area contributed by atoms with Crippen LogP contribution in [0, 0.1) is 0 Å². The minimum absolute atomic E-state index is 0.0256. The lowest BCUT2D eigenvalue weighted by Crippen LogP contribution is -2.13. The van der Waals surface area contributed by atoms with E-state index in [0.717, 1.165) is 0 Å². The monoisotopic (exact) mass is 349 g/mol. The van der Waals surface area contributed by atoms with Gasteiger partial charge in [-0.2, -0.15) is 0 Å². The number of carboxylic acids is 1. The molecule has 0 bridgehead atoms. The first-order chi connectivity index (χ1) is 11.8. The van der Waals surface area contributed by atoms with Gasteiger partial charge >= 0.3 is 11.9 Å². The summed E-state index contributed by atoms with van der Waals surface area (Å²) >= 11 is 0. The average molecular weight is 349 g/mol. The second-order valence-electron chi connectivity index (χ2n) is 4.32. The first-order valence-corrected chi connectivity index (χ1v) is 6.67. The summed E-state index contributed by atoms with van der Waals surface area (Å²) in [5.41, 5.74) is 5.24. The summed E-state index contributed by atoms with van der Waals surface area (Å²) < 4.78 is 9.18. The summed E-state index contributed by atoms with van der Waals surface area (Å²) in [6.07, 6.45) is 2.43. The van der Waals surface area contributed by atoms with Gasteiger partial charge in [-0.15, -0.1) is 0 Å². The van der Waals surface area contributed by atoms with E-state index in [9.17, 15) is 14.4 Å². The van der Waals surface area contributed by atoms with Gasteiger partial charge in [0.1, 0.15) is 22.9 Å². The lowest BCUT2D eigenvalue weighted by atomic mass is 10.3. The number of methoxy groups -OCH3 is 1. The molecule has 0 fully saturated rings. The summed E-state index contributed by atoms with van der Waals surface area (Å²) in [5.74, 6) is -1.93. The maximum atomic E-state index is 10.8. The topological polar surface area (TPSA) is 162 Å². The van der Waals surface area contributed by atoms with Gasteiger partial charge in [-0.05, 0) is 24.3 Å². The number of primary amides is 1. The van der Waals surface area contributed by atoms with Crippen LogP contribution in [-0.4, -0.2) is 51.7 Å². The van der Waals surface area contributed by atoms with Gasteiger partial charge in [0.25, 0.3) is 5.91 Å². The van der Waals surface area contributed by atoms with E-state index in [2.05, 4.69) is 14.7 Å². The molecule has 0 spiro atoms. The van der Waals surface area contributed by atoms with Crippen LogP contribution in [0.4, 0.5) is 0 Å². The molecule has 2 aromatic heterocycles. The van der Waals surface area contributed by atoms with Crippen LogP contribution >= 0.6 is 0 Å². The molecule has 2 rings (SSSR count). The van der Waals surface area contributed by atoms with Crippen LogP contribution in [-0.2, 0) is 9.53 Å². The Morgan fingerprint density at radius 3 is 2.16 bits per heavy atom. The Labute approximate surface area is 141 Å². The highest BCUT2D eigenvalue weighted by molar-refractivity contribution is 5.90. The molecule has 10 nitrogen and oxygen atoms in total. The molecule has 1 amide bonds. The van der Waals surface area contributed by atoms with Gasteiger partial charge in [-0.3, -0.25) is 4.79 Å². The number of aromatic hydroxyl groups is 1. The van der Waals surface area contributed by atoms with Crippen molar-refractivity contribution < 1.29 is 34.1 Å². The second-order valence-corrected chi connectivity index (χ2v) is 4.32. The predicted octanol–water partition coefficient (Wildman–Crippen LogP) is 0.218. The molecule has 0 aliphatic rings. The second kappa shape index (κ2) is 9.45. The molecule has 10 heteroatoms. The van der Waals surface area contributed by atoms with Crippen molar-refractivity contribution in [1.29, 1.82) is 0 Å². The first-order valence-electron chi connectivity index (χ1n) is 6.67. The van der Waals surface area contributed by atoms with Crippen LogP contribution in [0.3, 0.4) is 0 Å². The number of hydrogen-bond acceptors (Lipinski definition) is 8. The molecule has 4 N–H and O–H groups in total. The Kier molecular flexibility index (Phi) is 7.32. The molecular formula is C15H15N3O7. The Bertz CT molecular complexity index is 730. The molecule has 0 aliphatic carbocycles. The molecule has 2 aromatic rings. The van der Waals surface area contributed by atoms with E-state index in [4.69, 9.17) is 20.7 Å². The van der Waals surface area contributed by atoms with Crippen LogP contribution in [0.5, 0.6) is 11.5 Å². The highest BCUT2D eigenvalue weighted by Crippen LogP contribution is 2.08. The fraction of sp³-hybridized carbons (Fsp3) is 0.133. The third-order valence-electron chi connectivity index (χ3n) is 2.49. The highest BCUT2D eigenvalue weighted by atomic mass is 16.5. The number of amides is 1. The zero-order valence-electron chi connectivity index (χ0n) is 13.1. The number of aliphatic carboxylic acids is 1. The molecule has 0 radical (unpaired) electrons. The van der Waals surface area contributed by atoms with Gasteiger partial charge < -0.3 is 25.4 Å². The van der Waals surface area contributed by atoms with Gasteiger partial charge in [-0.25, -0.2) is 19.6 Å². The zero-order valence-corrected chi connectivity index (χ0v) is 13.1. The Morgan fingerprint density at radius 2 is 1.72 bits per heavy atom. The van der Waals surface area contributed by atoms with Crippen LogP contribution < -0.4 is 10.5 Å². The van der Waals surface area contributed by atoms with Crippen LogP contribution in [0.25, 0.3) is 0 Å². The van der Waals surface area contributed by atoms with E-state index < -0.39 is 24.5 Å². The minimum Gasteiger partial charge on any atom is -0.506 e. The van der Waals surface area contributed by atoms with Gasteiger partial charge in [0.2, 0.25) is 0 Å². The van der Waals surface area contributed by atoms with Gasteiger partial charge in [-0.1, -0.05) is 0 Å². The van der Waals surface area contributed by atoms with Gasteiger partial charge in [0, 0.05) is 0 Å². The number of ether oxygens (including phenoxy) is 2. The van der Waals surface area contributed by atoms with E-state index in [1.807, 2.05) is 0 Å². The van der Waals surface area contributed by atoms with Crippen molar-refractivity contribution in [3.63, 3.8) is 0 Å². The molecule has 0 aromatic carbocycles. The molecule has 0 saturated heterocycles. The number of nitrogens with two attached hydrogens (primary N) is 1. The van der Waals surface area contributed by atoms with E-state index in [-0.39, 0.29) is 22.9 Å². The largest absolute Gasteiger partial charge is 0.506 e. The smallest absolute Gasteiger partial charge is 0.356 e. The predicted molar refractivity (Wildman–Crippen MR) is 83.1 cm³/mol. The van der Waals surface area contributed by atoms with E-state index in [1.54, 1.807) is 0 Å². The lowest BCUT2D eigenvalue weighted by molar-refractivity contribution is -0.139. The van der Waals surface area contributed by atoms with Crippen molar-refractivity contribution in [2.24, 2.45) is 5.73 Å². The molecule has 0 saturated carbocycles. The Balaban J connectivity index is 0.000000257. The van der Waals surface area contributed by atoms with Crippen molar-refractivity contribution in [1.82, 2.24) is 9.97 Å². The Hall–Kier alpha value is -3.69. The number of pyridine rings is 2. The van der Waals surface area contributed by atoms with E-state index in [1.165, 1.54) is 43.8 Å². The summed E-state index contributed by atoms with van der Waals surface area (Å²) in [7, 11) is 1.27. The summed E-state index contributed by atoms with van der Waals surface area (Å²) in [5, 5.41) is 17.1. The van der Waals surface area contributed by atoms with E-state index >= 15 is 0 Å². The third-order valence-corrected chi connectivity index (χ3v) is 2.49. The van der Waals surface area contributed by atoms with Crippen LogP contribution in [0.2, 0.25) is 0 Å². The average Bonchev–Trinajstić information content (AvgIpc) is 2.60. The molecule has 2 heterocycles. The number of carbonyl (C=O) groups is 3. The SMILES string of the molecule is COC(=O)c1ccc(O)cn1.NC(=O)c1ccc(OCC(=O)O)cn1. The maximum Gasteiger partial charge on any atom is 0.356 e. The molecule has 0 atom stereocenters. The number of rotatable bonds is 5. The number of aromatic nitrogens is 2. The number of hydrogen-bond donors (Lipinski definition) is 3. The maximum absolute atomic E-state index is 10.8. The fourth-order valence-corrected chi connectivity index (χ4v) is 1.37. The fourth-order valence-electron chi connectivity index (χ4n) is 1.37. The normalized spacial score (nSPS) is 9.32. The zero-order chi connectivity index (χ0) is 18.8. The minimum atomic E-state index is -1.08. The molecule has 25 heavy (non-hydrogen) atoms. The first kappa shape index (κ1) is 19.4. The Morgan fingerprint density at radius 1 is 1.08 bits per heavy atom. The van der Waals surface area contributed by atoms with E-state index in [0.29, 0.717) is 0 Å². The summed E-state index contributed by atoms with van der Waals surface area (Å²) in [6, 6.07) is 5.55. The summed E-state index contributed by atoms with van der Waals surface area (Å²) in [4.78, 5) is 38.8. The molecule has 132 valence electrons. The summed E-state index contributed by atoms with van der Waals surface area (Å²) in [6.45, 7) is -0.447. The van der Waals surface area contributed by atoms with Crippen molar-refractivity contribution >= 4 is 17.8 Å². The van der Waals surface area contributed by atoms with Gasteiger partial charge in [0.05, 0.1) is 19.5 Å². The van der Waals surface area contributed by atoms with Crippen molar-refractivity contribution in [3.05, 3.63) is 48.0 Å². The number of nitrogens with zero attached hydrogens (tertiary/aromatic N) is 2. The quantitative estimate of drug-likeness (QED) is 0.641. The molecular weight excluding hydrogens is 334 g/mol. The van der Waals surface area contributed by atoms with Crippen molar-refractivity contribution in [2.75, 3.05) is 13.7 Å².